The topological polar surface area (TPSA) is 49.3 Å². The number of unbranched alkanes of at least 4 members (excludes halogenated alkanes) is 1. The van der Waals surface area contributed by atoms with Crippen molar-refractivity contribution in [3.63, 3.8) is 0 Å². The zero-order valence-corrected chi connectivity index (χ0v) is 17.8. The first-order valence-electron chi connectivity index (χ1n) is 10.3. The van der Waals surface area contributed by atoms with Gasteiger partial charge in [0.05, 0.1) is 18.4 Å². The second-order valence-corrected chi connectivity index (χ2v) is 7.19. The molecule has 1 saturated carbocycles. The Morgan fingerprint density at radius 1 is 1.07 bits per heavy atom. The number of hydrogen-bond acceptors (Lipinski definition) is 5. The molecule has 1 atom stereocenters. The summed E-state index contributed by atoms with van der Waals surface area (Å²) in [4.78, 5) is 4.94. The molecule has 1 aliphatic carbocycles. The van der Waals surface area contributed by atoms with Gasteiger partial charge in [-0.3, -0.25) is 0 Å². The second kappa shape index (κ2) is 12.4. The molecule has 0 amide bonds. The molecule has 1 fully saturated rings. The number of rotatable bonds is 11. The van der Waals surface area contributed by atoms with Crippen LogP contribution in [-0.4, -0.2) is 38.7 Å². The lowest BCUT2D eigenvalue weighted by Crippen LogP contribution is -2.28. The first-order valence-corrected chi connectivity index (χ1v) is 10.3. The number of benzene rings is 1. The van der Waals surface area contributed by atoms with Crippen LogP contribution < -0.4 is 9.47 Å². The van der Waals surface area contributed by atoms with Crippen molar-refractivity contribution in [1.29, 1.82) is 0 Å². The predicted octanol–water partition coefficient (Wildman–Crippen LogP) is 5.38. The molecule has 2 rings (SSSR count). The molecule has 5 nitrogen and oxygen atoms in total. The van der Waals surface area contributed by atoms with Crippen LogP contribution in [0, 0.1) is 13.8 Å². The fourth-order valence-electron chi connectivity index (χ4n) is 3.43. The highest BCUT2D eigenvalue weighted by Crippen LogP contribution is 2.28. The number of nitrogens with zero attached hydrogens (tertiary/aromatic N) is 1. The Kier molecular flexibility index (Phi) is 9.91. The largest absolute Gasteiger partial charge is 0.493 e. The lowest BCUT2D eigenvalue weighted by molar-refractivity contribution is 0.0746. The van der Waals surface area contributed by atoms with Gasteiger partial charge in [-0.2, -0.15) is 0 Å². The summed E-state index contributed by atoms with van der Waals surface area (Å²) >= 11 is 0. The van der Waals surface area contributed by atoms with Gasteiger partial charge < -0.3 is 19.0 Å². The van der Waals surface area contributed by atoms with Gasteiger partial charge in [0.25, 0.3) is 0 Å². The van der Waals surface area contributed by atoms with Crippen LogP contribution in [0.4, 0.5) is 0 Å². The van der Waals surface area contributed by atoms with Crippen molar-refractivity contribution >= 4 is 5.71 Å². The molecular formula is C23H35NO4. The molecule has 1 unspecified atom stereocenters. The van der Waals surface area contributed by atoms with E-state index in [0.717, 1.165) is 60.6 Å². The maximum atomic E-state index is 6.03. The summed E-state index contributed by atoms with van der Waals surface area (Å²) in [6.45, 7) is 8.12. The third-order valence-electron chi connectivity index (χ3n) is 4.85. The molecule has 1 aromatic carbocycles. The minimum absolute atomic E-state index is 0.120. The lowest BCUT2D eigenvalue weighted by atomic mass is 9.95. The summed E-state index contributed by atoms with van der Waals surface area (Å²) in [5.41, 5.74) is 3.26. The van der Waals surface area contributed by atoms with E-state index in [4.69, 9.17) is 19.0 Å². The fourth-order valence-corrected chi connectivity index (χ4v) is 3.43. The molecule has 156 valence electrons. The van der Waals surface area contributed by atoms with Crippen molar-refractivity contribution in [2.24, 2.45) is 5.16 Å². The van der Waals surface area contributed by atoms with Crippen LogP contribution in [0.2, 0.25) is 0 Å². The zero-order chi connectivity index (χ0) is 20.2. The van der Waals surface area contributed by atoms with E-state index in [0.29, 0.717) is 13.2 Å². The van der Waals surface area contributed by atoms with Crippen LogP contribution in [0.1, 0.15) is 56.6 Å². The zero-order valence-electron chi connectivity index (χ0n) is 17.8. The quantitative estimate of drug-likeness (QED) is 0.290. The van der Waals surface area contributed by atoms with E-state index in [1.807, 2.05) is 31.2 Å². The van der Waals surface area contributed by atoms with Gasteiger partial charge >= 0.3 is 0 Å². The number of ether oxygens (including phenoxy) is 3. The average Bonchev–Trinajstić information content (AvgIpc) is 2.68. The third-order valence-corrected chi connectivity index (χ3v) is 4.85. The van der Waals surface area contributed by atoms with Crippen molar-refractivity contribution < 1.29 is 19.0 Å². The highest BCUT2D eigenvalue weighted by Gasteiger charge is 2.21. The van der Waals surface area contributed by atoms with Gasteiger partial charge in [0.1, 0.15) is 25.2 Å². The highest BCUT2D eigenvalue weighted by atomic mass is 16.6. The number of aryl methyl sites for hydroxylation is 2. The van der Waals surface area contributed by atoms with E-state index in [2.05, 4.69) is 19.0 Å². The number of oxime groups is 1. The van der Waals surface area contributed by atoms with Gasteiger partial charge in [-0.15, -0.1) is 0 Å². The van der Waals surface area contributed by atoms with Gasteiger partial charge in [0.15, 0.2) is 0 Å². The Morgan fingerprint density at radius 2 is 1.82 bits per heavy atom. The Labute approximate surface area is 169 Å². The fraction of sp³-hybridized carbons (Fsp3) is 0.609. The molecule has 0 aliphatic heterocycles. The van der Waals surface area contributed by atoms with E-state index in [1.54, 1.807) is 7.11 Å². The summed E-state index contributed by atoms with van der Waals surface area (Å²) in [5.74, 6) is 1.84. The van der Waals surface area contributed by atoms with Gasteiger partial charge in [-0.1, -0.05) is 23.7 Å². The van der Waals surface area contributed by atoms with Crippen LogP contribution >= 0.6 is 0 Å². The van der Waals surface area contributed by atoms with Crippen LogP contribution in [0.5, 0.6) is 11.5 Å². The molecule has 0 spiro atoms. The Balaban J connectivity index is 1.71. The highest BCUT2D eigenvalue weighted by molar-refractivity contribution is 5.88. The summed E-state index contributed by atoms with van der Waals surface area (Å²) in [6.07, 6.45) is 10.4. The van der Waals surface area contributed by atoms with Crippen molar-refractivity contribution in [2.75, 3.05) is 26.9 Å². The molecule has 0 saturated heterocycles. The van der Waals surface area contributed by atoms with Crippen molar-refractivity contribution in [3.8, 4) is 11.5 Å². The minimum atomic E-state index is 0.120. The molecule has 1 aliphatic rings. The lowest BCUT2D eigenvalue weighted by Gasteiger charge is -2.23. The van der Waals surface area contributed by atoms with Crippen LogP contribution in [0.3, 0.4) is 0 Å². The molecule has 5 heteroatoms. The maximum absolute atomic E-state index is 6.03. The first kappa shape index (κ1) is 22.3. The first-order chi connectivity index (χ1) is 13.7. The molecule has 0 aromatic heterocycles. The van der Waals surface area contributed by atoms with E-state index >= 15 is 0 Å². The molecule has 28 heavy (non-hydrogen) atoms. The summed E-state index contributed by atoms with van der Waals surface area (Å²) in [7, 11) is 1.60. The Morgan fingerprint density at radius 3 is 2.54 bits per heavy atom. The van der Waals surface area contributed by atoms with E-state index in [-0.39, 0.29) is 6.10 Å². The van der Waals surface area contributed by atoms with Crippen LogP contribution in [-0.2, 0) is 9.57 Å². The summed E-state index contributed by atoms with van der Waals surface area (Å²) < 4.78 is 17.8. The maximum Gasteiger partial charge on any atom is 0.125 e. The van der Waals surface area contributed by atoms with Gasteiger partial charge in [0.2, 0.25) is 0 Å². The van der Waals surface area contributed by atoms with E-state index in [9.17, 15) is 0 Å². The predicted molar refractivity (Wildman–Crippen MR) is 114 cm³/mol. The monoisotopic (exact) mass is 389 g/mol. The van der Waals surface area contributed by atoms with Crippen LogP contribution in [0.25, 0.3) is 0 Å². The van der Waals surface area contributed by atoms with Gasteiger partial charge in [-0.05, 0) is 76.1 Å². The second-order valence-electron chi connectivity index (χ2n) is 7.19. The molecule has 0 bridgehead atoms. The van der Waals surface area contributed by atoms with Crippen molar-refractivity contribution in [3.05, 3.63) is 35.4 Å². The molecule has 1 aromatic rings. The smallest absolute Gasteiger partial charge is 0.125 e. The van der Waals surface area contributed by atoms with Crippen LogP contribution in [0.15, 0.2) is 29.4 Å². The molecule has 0 radical (unpaired) electrons. The van der Waals surface area contributed by atoms with Gasteiger partial charge in [-0.25, -0.2) is 0 Å². The number of hydrogen-bond donors (Lipinski definition) is 0. The van der Waals surface area contributed by atoms with E-state index < -0.39 is 0 Å². The minimum Gasteiger partial charge on any atom is -0.493 e. The molecule has 0 N–H and O–H groups in total. The number of allylic oxidation sites excluding steroid dienone is 1. The Bertz CT molecular complexity index is 631. The van der Waals surface area contributed by atoms with Crippen molar-refractivity contribution in [2.45, 2.75) is 65.4 Å². The average molecular weight is 390 g/mol. The van der Waals surface area contributed by atoms with Gasteiger partial charge in [0, 0.05) is 6.61 Å². The summed E-state index contributed by atoms with van der Waals surface area (Å²) in [5, 5.41) is 4.12. The third kappa shape index (κ3) is 7.19. The normalized spacial score (nSPS) is 18.6. The standard InChI is InChI=1S/C23H35NO4/c1-5-6-13-26-20-16-18(2)23(19(3)17-20)28-15-10-9-14-27-22-12-8-7-11-21(22)24-25-4/h5-6,16-17,22H,7-15H2,1-4H3/b6-5+,24-21+. The SMILES string of the molecule is C/C=C/COc1cc(C)c(OCCCCOC2CCCC/C2=N\OC)c(C)c1. The molecule has 0 heterocycles. The van der Waals surface area contributed by atoms with Crippen molar-refractivity contribution in [1.82, 2.24) is 0 Å². The summed E-state index contributed by atoms with van der Waals surface area (Å²) in [6, 6.07) is 4.07. The van der Waals surface area contributed by atoms with E-state index in [1.165, 1.54) is 12.8 Å². The molecular weight excluding hydrogens is 354 g/mol. The Hall–Kier alpha value is -2.01.